The number of aromatic nitrogens is 3. The van der Waals surface area contributed by atoms with Gasteiger partial charge in [0.1, 0.15) is 0 Å². The van der Waals surface area contributed by atoms with Gasteiger partial charge >= 0.3 is 5.97 Å². The van der Waals surface area contributed by atoms with Gasteiger partial charge in [-0.25, -0.2) is 14.5 Å². The topological polar surface area (TPSA) is 103 Å². The smallest absolute Gasteiger partial charge is 0.339 e. The van der Waals surface area contributed by atoms with Gasteiger partial charge in [0.15, 0.2) is 18.0 Å². The van der Waals surface area contributed by atoms with E-state index >= 15 is 0 Å². The minimum absolute atomic E-state index is 0.0435. The molecule has 2 heterocycles. The first-order valence-electron chi connectivity index (χ1n) is 10.8. The van der Waals surface area contributed by atoms with Gasteiger partial charge < -0.3 is 10.1 Å². The highest BCUT2D eigenvalue weighted by atomic mass is 16.5. The highest BCUT2D eigenvalue weighted by molar-refractivity contribution is 6.05. The Morgan fingerprint density at radius 3 is 2.38 bits per heavy atom. The van der Waals surface area contributed by atoms with Gasteiger partial charge in [-0.05, 0) is 44.2 Å². The monoisotopic (exact) mass is 456 g/mol. The van der Waals surface area contributed by atoms with Crippen LogP contribution in [-0.2, 0) is 9.53 Å². The number of carbonyl (C=O) groups excluding carboxylic acids is 3. The van der Waals surface area contributed by atoms with Crippen molar-refractivity contribution in [2.75, 3.05) is 11.9 Å². The lowest BCUT2D eigenvalue weighted by Crippen LogP contribution is -2.15. The Labute approximate surface area is 196 Å². The van der Waals surface area contributed by atoms with Crippen LogP contribution in [0.5, 0.6) is 0 Å². The molecular formula is C26H24N4O4. The molecule has 4 rings (SSSR count). The van der Waals surface area contributed by atoms with Crippen LogP contribution >= 0.6 is 0 Å². The average Bonchev–Trinajstić information content (AvgIpc) is 3.27. The Morgan fingerprint density at radius 2 is 1.74 bits per heavy atom. The number of carbonyl (C=O) groups is 3. The van der Waals surface area contributed by atoms with E-state index in [4.69, 9.17) is 9.72 Å². The van der Waals surface area contributed by atoms with E-state index < -0.39 is 12.6 Å². The second-order valence-corrected chi connectivity index (χ2v) is 8.10. The number of rotatable bonds is 7. The molecule has 0 aliphatic heterocycles. The number of Topliss-reactive ketones (excluding diaryl/α,β-unsaturated/α-hetero) is 1. The second-order valence-electron chi connectivity index (χ2n) is 8.10. The molecule has 8 nitrogen and oxygen atoms in total. The predicted molar refractivity (Wildman–Crippen MR) is 129 cm³/mol. The van der Waals surface area contributed by atoms with Crippen molar-refractivity contribution in [2.24, 2.45) is 0 Å². The van der Waals surface area contributed by atoms with Crippen molar-refractivity contribution in [2.45, 2.75) is 26.8 Å². The molecule has 172 valence electrons. The number of fused-ring (bicyclic) bond motifs is 1. The van der Waals surface area contributed by atoms with E-state index in [0.717, 1.165) is 5.56 Å². The normalized spacial score (nSPS) is 10.9. The maximum Gasteiger partial charge on any atom is 0.339 e. The van der Waals surface area contributed by atoms with Crippen LogP contribution in [-0.4, -0.2) is 39.0 Å². The fourth-order valence-corrected chi connectivity index (χ4v) is 3.56. The number of nitrogens with one attached hydrogen (secondary N) is 1. The fraction of sp³-hybridized carbons (Fsp3) is 0.192. The lowest BCUT2D eigenvalue weighted by atomic mass is 10.1. The average molecular weight is 457 g/mol. The summed E-state index contributed by atoms with van der Waals surface area (Å²) in [7, 11) is 0. The molecule has 0 saturated heterocycles. The summed E-state index contributed by atoms with van der Waals surface area (Å²) in [6.07, 6.45) is 1.59. The van der Waals surface area contributed by atoms with E-state index in [2.05, 4.69) is 10.4 Å². The van der Waals surface area contributed by atoms with E-state index in [-0.39, 0.29) is 17.7 Å². The van der Waals surface area contributed by atoms with Crippen molar-refractivity contribution in [3.63, 3.8) is 0 Å². The predicted octanol–water partition coefficient (Wildman–Crippen LogP) is 4.68. The first-order valence-corrected chi connectivity index (χ1v) is 10.8. The lowest BCUT2D eigenvalue weighted by molar-refractivity contribution is -0.114. The molecule has 0 fully saturated rings. The number of esters is 1. The third kappa shape index (κ3) is 4.85. The van der Waals surface area contributed by atoms with Gasteiger partial charge in [-0.1, -0.05) is 30.3 Å². The summed E-state index contributed by atoms with van der Waals surface area (Å²) in [5, 5.41) is 7.59. The van der Waals surface area contributed by atoms with E-state index in [9.17, 15) is 14.4 Å². The van der Waals surface area contributed by atoms with Gasteiger partial charge in [0.05, 0.1) is 22.8 Å². The molecule has 0 aliphatic rings. The molecule has 0 radical (unpaired) electrons. The summed E-state index contributed by atoms with van der Waals surface area (Å²) in [6, 6.07) is 17.6. The number of hydrogen-bond donors (Lipinski definition) is 1. The zero-order valence-corrected chi connectivity index (χ0v) is 19.1. The molecule has 0 unspecified atom stereocenters. The van der Waals surface area contributed by atoms with Crippen molar-refractivity contribution in [1.82, 2.24) is 14.8 Å². The molecular weight excluding hydrogens is 432 g/mol. The SMILES string of the molecule is CC(=O)Nc1ccc(C(=O)COC(=O)c2cc(-c3ccccc3)nc3c2cnn3C(C)C)cc1. The molecule has 2 aromatic carbocycles. The summed E-state index contributed by atoms with van der Waals surface area (Å²) in [5.74, 6) is -1.18. The first kappa shape index (κ1) is 22.8. The van der Waals surface area contributed by atoms with Crippen LogP contribution in [0.4, 0.5) is 5.69 Å². The third-order valence-electron chi connectivity index (χ3n) is 5.21. The molecule has 1 N–H and O–H groups in total. The molecule has 0 aliphatic carbocycles. The Kier molecular flexibility index (Phi) is 6.49. The quantitative estimate of drug-likeness (QED) is 0.320. The Hall–Kier alpha value is -4.33. The summed E-state index contributed by atoms with van der Waals surface area (Å²) in [5.41, 5.74) is 3.29. The molecule has 2 aromatic heterocycles. The van der Waals surface area contributed by atoms with Gasteiger partial charge in [0.2, 0.25) is 5.91 Å². The van der Waals surface area contributed by atoms with Crippen LogP contribution in [0.2, 0.25) is 0 Å². The van der Waals surface area contributed by atoms with Crippen molar-refractivity contribution in [3.05, 3.63) is 78.0 Å². The maximum absolute atomic E-state index is 13.0. The van der Waals surface area contributed by atoms with Crippen LogP contribution in [0, 0.1) is 0 Å². The molecule has 1 amide bonds. The van der Waals surface area contributed by atoms with Gasteiger partial charge in [-0.3, -0.25) is 9.59 Å². The van der Waals surface area contributed by atoms with Crippen LogP contribution in [0.3, 0.4) is 0 Å². The van der Waals surface area contributed by atoms with Crippen LogP contribution in [0.25, 0.3) is 22.3 Å². The second kappa shape index (κ2) is 9.66. The summed E-state index contributed by atoms with van der Waals surface area (Å²) in [4.78, 5) is 41.5. The van der Waals surface area contributed by atoms with E-state index in [1.807, 2.05) is 44.2 Å². The third-order valence-corrected chi connectivity index (χ3v) is 5.21. The van der Waals surface area contributed by atoms with Crippen LogP contribution in [0.1, 0.15) is 47.5 Å². The molecule has 0 bridgehead atoms. The number of hydrogen-bond acceptors (Lipinski definition) is 6. The summed E-state index contributed by atoms with van der Waals surface area (Å²) < 4.78 is 7.14. The number of amides is 1. The molecule has 0 spiro atoms. The van der Waals surface area contributed by atoms with E-state index in [1.54, 1.807) is 41.2 Å². The number of benzene rings is 2. The summed E-state index contributed by atoms with van der Waals surface area (Å²) in [6.45, 7) is 4.96. The minimum Gasteiger partial charge on any atom is -0.454 e. The number of ether oxygens (including phenoxy) is 1. The van der Waals surface area contributed by atoms with Gasteiger partial charge in [0, 0.05) is 29.8 Å². The molecule has 0 saturated carbocycles. The number of anilines is 1. The van der Waals surface area contributed by atoms with Crippen molar-refractivity contribution in [1.29, 1.82) is 0 Å². The fourth-order valence-electron chi connectivity index (χ4n) is 3.56. The molecule has 0 atom stereocenters. The Balaban J connectivity index is 1.59. The van der Waals surface area contributed by atoms with Crippen molar-refractivity contribution < 1.29 is 19.1 Å². The van der Waals surface area contributed by atoms with Crippen LogP contribution < -0.4 is 5.32 Å². The minimum atomic E-state index is -0.629. The zero-order valence-electron chi connectivity index (χ0n) is 19.1. The molecule has 34 heavy (non-hydrogen) atoms. The number of pyridine rings is 1. The zero-order chi connectivity index (χ0) is 24.2. The van der Waals surface area contributed by atoms with Gasteiger partial charge in [-0.2, -0.15) is 5.10 Å². The van der Waals surface area contributed by atoms with Crippen molar-refractivity contribution >= 4 is 34.4 Å². The standard InChI is InChI=1S/C26H24N4O4/c1-16(2)30-25-22(14-27-30)21(13-23(29-25)18-7-5-4-6-8-18)26(33)34-15-24(32)19-9-11-20(12-10-19)28-17(3)31/h4-14,16H,15H2,1-3H3,(H,28,31). The molecule has 4 aromatic rings. The first-order chi connectivity index (χ1) is 16.3. The Bertz CT molecular complexity index is 1360. The highest BCUT2D eigenvalue weighted by Crippen LogP contribution is 2.27. The largest absolute Gasteiger partial charge is 0.454 e. The maximum atomic E-state index is 13.0. The molecule has 8 heteroatoms. The van der Waals surface area contributed by atoms with E-state index in [1.165, 1.54) is 6.92 Å². The van der Waals surface area contributed by atoms with Crippen LogP contribution in [0.15, 0.2) is 66.9 Å². The number of ketones is 1. The van der Waals surface area contributed by atoms with Gasteiger partial charge in [0.25, 0.3) is 0 Å². The summed E-state index contributed by atoms with van der Waals surface area (Å²) >= 11 is 0. The van der Waals surface area contributed by atoms with E-state index in [0.29, 0.717) is 33.5 Å². The Morgan fingerprint density at radius 1 is 1.03 bits per heavy atom. The highest BCUT2D eigenvalue weighted by Gasteiger charge is 2.20. The number of nitrogens with zero attached hydrogens (tertiary/aromatic N) is 3. The lowest BCUT2D eigenvalue weighted by Gasteiger charge is -2.11. The van der Waals surface area contributed by atoms with Gasteiger partial charge in [-0.15, -0.1) is 0 Å². The van der Waals surface area contributed by atoms with Crippen molar-refractivity contribution in [3.8, 4) is 11.3 Å².